The molecule has 2 aromatic carbocycles. The molecule has 2 rings (SSSR count). The Hall–Kier alpha value is -2.52. The van der Waals surface area contributed by atoms with Crippen LogP contribution in [0.25, 0.3) is 5.57 Å². The lowest BCUT2D eigenvalue weighted by Crippen LogP contribution is -2.07. The van der Waals surface area contributed by atoms with Gasteiger partial charge in [-0.15, -0.1) is 6.42 Å². The zero-order valence-electron chi connectivity index (χ0n) is 18.5. The van der Waals surface area contributed by atoms with Crippen LogP contribution in [0.3, 0.4) is 0 Å². The van der Waals surface area contributed by atoms with Crippen molar-refractivity contribution in [1.29, 1.82) is 0 Å². The predicted octanol–water partition coefficient (Wildman–Crippen LogP) is 8.19. The second-order valence-corrected chi connectivity index (χ2v) is 8.49. The highest BCUT2D eigenvalue weighted by atomic mass is 14.2. The van der Waals surface area contributed by atoms with Crippen LogP contribution in [0.2, 0.25) is 0 Å². The number of rotatable bonds is 11. The Balaban J connectivity index is 1.74. The van der Waals surface area contributed by atoms with E-state index in [0.29, 0.717) is 11.8 Å². The number of benzene rings is 2. The van der Waals surface area contributed by atoms with Gasteiger partial charge in [-0.3, -0.25) is 0 Å². The van der Waals surface area contributed by atoms with Gasteiger partial charge in [0.25, 0.3) is 0 Å². The molecule has 0 aliphatic heterocycles. The molecule has 29 heavy (non-hydrogen) atoms. The maximum Gasteiger partial charge on any atom is 0.0274 e. The maximum absolute atomic E-state index is 5.59. The molecule has 2 unspecified atom stereocenters. The third-order valence-electron chi connectivity index (χ3n) is 6.02. The highest BCUT2D eigenvalue weighted by molar-refractivity contribution is 5.61. The molecule has 0 saturated heterocycles. The van der Waals surface area contributed by atoms with Crippen molar-refractivity contribution >= 4 is 5.57 Å². The van der Waals surface area contributed by atoms with Gasteiger partial charge in [0, 0.05) is 5.56 Å². The Bertz CT molecular complexity index is 862. The lowest BCUT2D eigenvalue weighted by molar-refractivity contribution is 0.475. The normalized spacial score (nSPS) is 12.8. The van der Waals surface area contributed by atoms with Crippen molar-refractivity contribution in [3.05, 3.63) is 89.5 Å². The predicted molar refractivity (Wildman–Crippen MR) is 129 cm³/mol. The quantitative estimate of drug-likeness (QED) is 0.208. The highest BCUT2D eigenvalue weighted by Gasteiger charge is 2.16. The molecule has 0 heterocycles. The molecule has 0 N–H and O–H groups in total. The van der Waals surface area contributed by atoms with E-state index < -0.39 is 0 Å². The lowest BCUT2D eigenvalue weighted by Gasteiger charge is -2.22. The summed E-state index contributed by atoms with van der Waals surface area (Å²) < 4.78 is 0. The van der Waals surface area contributed by atoms with Crippen LogP contribution in [0.4, 0.5) is 0 Å². The fourth-order valence-corrected chi connectivity index (χ4v) is 3.90. The molecule has 0 radical (unpaired) electrons. The Morgan fingerprint density at radius 2 is 1.76 bits per heavy atom. The number of hydrogen-bond donors (Lipinski definition) is 0. The van der Waals surface area contributed by atoms with E-state index in [-0.39, 0.29) is 0 Å². The average Bonchev–Trinajstić information content (AvgIpc) is 2.73. The molecular formula is C29H36. The van der Waals surface area contributed by atoms with E-state index in [1.165, 1.54) is 41.5 Å². The van der Waals surface area contributed by atoms with Crippen molar-refractivity contribution in [3.63, 3.8) is 0 Å². The van der Waals surface area contributed by atoms with E-state index in [0.717, 1.165) is 30.4 Å². The second-order valence-electron chi connectivity index (χ2n) is 8.49. The monoisotopic (exact) mass is 384 g/mol. The zero-order valence-corrected chi connectivity index (χ0v) is 18.5. The molecule has 0 aliphatic rings. The van der Waals surface area contributed by atoms with Gasteiger partial charge in [0.05, 0.1) is 0 Å². The van der Waals surface area contributed by atoms with E-state index in [9.17, 15) is 0 Å². The summed E-state index contributed by atoms with van der Waals surface area (Å²) in [5, 5.41) is 0. The van der Waals surface area contributed by atoms with E-state index in [1.54, 1.807) is 0 Å². The molecule has 0 heteroatoms. The van der Waals surface area contributed by atoms with Gasteiger partial charge in [0.1, 0.15) is 0 Å². The highest BCUT2D eigenvalue weighted by Crippen LogP contribution is 2.31. The largest absolute Gasteiger partial charge is 0.115 e. The van der Waals surface area contributed by atoms with Crippen molar-refractivity contribution in [2.75, 3.05) is 0 Å². The van der Waals surface area contributed by atoms with Gasteiger partial charge in [-0.1, -0.05) is 93.0 Å². The number of terminal acetylenes is 1. The Morgan fingerprint density at radius 3 is 2.48 bits per heavy atom. The molecular weight excluding hydrogens is 348 g/mol. The molecule has 0 aliphatic carbocycles. The van der Waals surface area contributed by atoms with Crippen LogP contribution < -0.4 is 0 Å². The van der Waals surface area contributed by atoms with Gasteiger partial charge in [-0.05, 0) is 73.6 Å². The summed E-state index contributed by atoms with van der Waals surface area (Å²) in [5.74, 6) is 3.90. The number of hydrogen-bond acceptors (Lipinski definition) is 0. The summed E-state index contributed by atoms with van der Waals surface area (Å²) in [6.07, 6.45) is 12.5. The summed E-state index contributed by atoms with van der Waals surface area (Å²) >= 11 is 0. The fourth-order valence-electron chi connectivity index (χ4n) is 3.90. The fraction of sp³-hybridized carbons (Fsp3) is 0.379. The first kappa shape index (κ1) is 22.8. The number of aryl methyl sites for hydroxylation is 1. The number of allylic oxidation sites excluding steroid dienone is 2. The SMILES string of the molecule is C#Cc1ccccc1CCCCCC(=C)CC(C)C(C)c1cccc(C(=C)C)c1. The molecule has 2 atom stereocenters. The lowest BCUT2D eigenvalue weighted by atomic mass is 9.83. The number of unbranched alkanes of at least 4 members (excludes halogenated alkanes) is 2. The van der Waals surface area contributed by atoms with Crippen LogP contribution in [0.5, 0.6) is 0 Å². The zero-order chi connectivity index (χ0) is 21.2. The minimum absolute atomic E-state index is 0.520. The van der Waals surface area contributed by atoms with Gasteiger partial charge in [-0.2, -0.15) is 0 Å². The molecule has 0 nitrogen and oxygen atoms in total. The third-order valence-corrected chi connectivity index (χ3v) is 6.02. The molecule has 0 spiro atoms. The van der Waals surface area contributed by atoms with Crippen molar-refractivity contribution < 1.29 is 0 Å². The molecule has 0 aromatic heterocycles. The summed E-state index contributed by atoms with van der Waals surface area (Å²) in [6, 6.07) is 17.1. The van der Waals surface area contributed by atoms with Crippen molar-refractivity contribution in [2.24, 2.45) is 5.92 Å². The summed E-state index contributed by atoms with van der Waals surface area (Å²) in [5.41, 5.74) is 7.49. The van der Waals surface area contributed by atoms with E-state index in [2.05, 4.69) is 76.2 Å². The van der Waals surface area contributed by atoms with Gasteiger partial charge in [-0.25, -0.2) is 0 Å². The second kappa shape index (κ2) is 11.5. The van der Waals surface area contributed by atoms with Gasteiger partial charge < -0.3 is 0 Å². The minimum atomic E-state index is 0.520. The van der Waals surface area contributed by atoms with Gasteiger partial charge >= 0.3 is 0 Å². The average molecular weight is 385 g/mol. The summed E-state index contributed by atoms with van der Waals surface area (Å²) in [7, 11) is 0. The summed E-state index contributed by atoms with van der Waals surface area (Å²) in [6.45, 7) is 15.2. The van der Waals surface area contributed by atoms with Crippen LogP contribution >= 0.6 is 0 Å². The Labute approximate surface area is 178 Å². The van der Waals surface area contributed by atoms with E-state index in [1.807, 2.05) is 12.1 Å². The maximum atomic E-state index is 5.59. The minimum Gasteiger partial charge on any atom is -0.115 e. The van der Waals surface area contributed by atoms with Gasteiger partial charge in [0.2, 0.25) is 0 Å². The molecule has 0 saturated carbocycles. The van der Waals surface area contributed by atoms with E-state index >= 15 is 0 Å². The van der Waals surface area contributed by atoms with Gasteiger partial charge in [0.15, 0.2) is 0 Å². The van der Waals surface area contributed by atoms with Crippen LogP contribution in [0.1, 0.15) is 81.0 Å². The van der Waals surface area contributed by atoms with Crippen LogP contribution in [-0.2, 0) is 6.42 Å². The summed E-state index contributed by atoms with van der Waals surface area (Å²) in [4.78, 5) is 0. The Morgan fingerprint density at radius 1 is 1.00 bits per heavy atom. The van der Waals surface area contributed by atoms with Crippen LogP contribution in [0, 0.1) is 18.3 Å². The Kier molecular flexibility index (Phi) is 9.01. The molecule has 0 amide bonds. The molecule has 0 bridgehead atoms. The molecule has 0 fully saturated rings. The molecule has 152 valence electrons. The van der Waals surface area contributed by atoms with Crippen LogP contribution in [0.15, 0.2) is 67.3 Å². The smallest absolute Gasteiger partial charge is 0.0274 e. The molecule has 2 aromatic rings. The third kappa shape index (κ3) is 7.10. The topological polar surface area (TPSA) is 0 Å². The first-order chi connectivity index (χ1) is 13.9. The van der Waals surface area contributed by atoms with Crippen molar-refractivity contribution in [2.45, 2.75) is 65.2 Å². The van der Waals surface area contributed by atoms with E-state index in [4.69, 9.17) is 6.42 Å². The van der Waals surface area contributed by atoms with Crippen molar-refractivity contribution in [1.82, 2.24) is 0 Å². The first-order valence-electron chi connectivity index (χ1n) is 10.9. The van der Waals surface area contributed by atoms with Crippen molar-refractivity contribution in [3.8, 4) is 12.3 Å². The van der Waals surface area contributed by atoms with Crippen LogP contribution in [-0.4, -0.2) is 0 Å². The standard InChI is InChI=1S/C29H36/c1-7-26-15-11-12-17-27(26)16-10-8-9-14-23(4)20-24(5)25(6)29-19-13-18-28(21-29)22(2)3/h1,11-13,15,17-19,21,24-25H,2,4,8-10,14,16,20H2,3,5-6H3. The first-order valence-corrected chi connectivity index (χ1v) is 10.9.